The van der Waals surface area contributed by atoms with Crippen molar-refractivity contribution in [2.75, 3.05) is 12.3 Å². The van der Waals surface area contributed by atoms with Crippen LogP contribution in [0.1, 0.15) is 28.4 Å². The highest BCUT2D eigenvalue weighted by atomic mass is 32.1. The summed E-state index contributed by atoms with van der Waals surface area (Å²) in [4.78, 5) is 12.8. The molecule has 4 nitrogen and oxygen atoms in total. The van der Waals surface area contributed by atoms with Crippen molar-refractivity contribution < 1.29 is 9.53 Å². The molecule has 0 amide bonds. The van der Waals surface area contributed by atoms with Crippen LogP contribution < -0.4 is 5.73 Å². The zero-order valence-electron chi connectivity index (χ0n) is 14.4. The molecule has 0 fully saturated rings. The highest BCUT2D eigenvalue weighted by Crippen LogP contribution is 2.42. The Bertz CT molecular complexity index is 1070. The van der Waals surface area contributed by atoms with E-state index in [0.29, 0.717) is 22.4 Å². The molecule has 2 aromatic carbocycles. The standard InChI is InChI=1S/C21H18N2O2S/c1-2-25-21(24)18-17-15-11-7-6-8-13(15)12-16(17)20(26)23(19(18)22)14-9-4-3-5-10-14/h3-11H,2,12,22H2,1H3. The quantitative estimate of drug-likeness (QED) is 0.429. The van der Waals surface area contributed by atoms with Crippen LogP contribution in [0, 0.1) is 4.64 Å². The molecular weight excluding hydrogens is 344 g/mol. The Morgan fingerprint density at radius 1 is 1.15 bits per heavy atom. The normalized spacial score (nSPS) is 11.7. The lowest BCUT2D eigenvalue weighted by molar-refractivity contribution is 0.0528. The van der Waals surface area contributed by atoms with Crippen molar-refractivity contribution in [3.05, 3.63) is 75.9 Å². The molecule has 0 radical (unpaired) electrons. The first-order valence-electron chi connectivity index (χ1n) is 8.51. The van der Waals surface area contributed by atoms with Crippen LogP contribution in [-0.2, 0) is 11.2 Å². The second-order valence-corrected chi connectivity index (χ2v) is 6.53. The minimum Gasteiger partial charge on any atom is -0.462 e. The number of fused-ring (bicyclic) bond motifs is 3. The average molecular weight is 362 g/mol. The molecule has 0 bridgehead atoms. The number of ether oxygens (including phenoxy) is 1. The highest BCUT2D eigenvalue weighted by Gasteiger charge is 2.30. The summed E-state index contributed by atoms with van der Waals surface area (Å²) >= 11 is 5.78. The van der Waals surface area contributed by atoms with Crippen LogP contribution in [0.4, 0.5) is 5.82 Å². The fraction of sp³-hybridized carbons (Fsp3) is 0.143. The Hall–Kier alpha value is -2.92. The Balaban J connectivity index is 2.09. The summed E-state index contributed by atoms with van der Waals surface area (Å²) in [5.74, 6) is -0.104. The fourth-order valence-corrected chi connectivity index (χ4v) is 3.93. The Morgan fingerprint density at radius 3 is 2.58 bits per heavy atom. The van der Waals surface area contributed by atoms with E-state index in [1.54, 1.807) is 11.5 Å². The minimum atomic E-state index is -0.419. The summed E-state index contributed by atoms with van der Waals surface area (Å²) in [6, 6.07) is 17.6. The predicted octanol–water partition coefficient (Wildman–Crippen LogP) is 4.54. The maximum atomic E-state index is 12.8. The van der Waals surface area contributed by atoms with Gasteiger partial charge in [-0.2, -0.15) is 0 Å². The van der Waals surface area contributed by atoms with Gasteiger partial charge in [0.1, 0.15) is 16.0 Å². The van der Waals surface area contributed by atoms with Crippen LogP contribution in [0.5, 0.6) is 0 Å². The van der Waals surface area contributed by atoms with E-state index >= 15 is 0 Å². The number of carbonyl (C=O) groups excluding carboxylic acids is 1. The topological polar surface area (TPSA) is 57.2 Å². The second-order valence-electron chi connectivity index (χ2n) is 6.14. The number of nitrogens with zero attached hydrogens (tertiary/aromatic N) is 1. The van der Waals surface area contributed by atoms with Gasteiger partial charge in [-0.3, -0.25) is 4.57 Å². The largest absolute Gasteiger partial charge is 0.462 e. The molecule has 5 heteroatoms. The van der Waals surface area contributed by atoms with E-state index in [-0.39, 0.29) is 6.61 Å². The number of carbonyl (C=O) groups is 1. The lowest BCUT2D eigenvalue weighted by atomic mass is 10.0. The van der Waals surface area contributed by atoms with E-state index < -0.39 is 5.97 Å². The van der Waals surface area contributed by atoms with Gasteiger partial charge in [-0.1, -0.05) is 54.7 Å². The summed E-state index contributed by atoms with van der Waals surface area (Å²) in [5, 5.41) is 0. The number of hydrogen-bond acceptors (Lipinski definition) is 4. The SMILES string of the molecule is CCOC(=O)c1c2c(c(=S)n(-c3ccccc3)c1N)Cc1ccccc1-2. The van der Waals surface area contributed by atoms with Crippen LogP contribution in [0.3, 0.4) is 0 Å². The third kappa shape index (κ3) is 2.44. The van der Waals surface area contributed by atoms with Crippen LogP contribution in [0.2, 0.25) is 0 Å². The van der Waals surface area contributed by atoms with Gasteiger partial charge in [0.2, 0.25) is 0 Å². The van der Waals surface area contributed by atoms with Gasteiger partial charge in [-0.25, -0.2) is 4.79 Å². The van der Waals surface area contributed by atoms with Gasteiger partial charge in [-0.05, 0) is 30.2 Å². The average Bonchev–Trinajstić information content (AvgIpc) is 3.03. The molecule has 1 aliphatic rings. The molecule has 1 aliphatic carbocycles. The van der Waals surface area contributed by atoms with Gasteiger partial charge in [0, 0.05) is 23.2 Å². The molecule has 0 aliphatic heterocycles. The molecule has 0 unspecified atom stereocenters. The van der Waals surface area contributed by atoms with Crippen molar-refractivity contribution in [3.63, 3.8) is 0 Å². The molecule has 1 aromatic heterocycles. The predicted molar refractivity (Wildman–Crippen MR) is 105 cm³/mol. The van der Waals surface area contributed by atoms with Gasteiger partial charge >= 0.3 is 5.97 Å². The van der Waals surface area contributed by atoms with Gasteiger partial charge in [0.05, 0.1) is 6.61 Å². The van der Waals surface area contributed by atoms with E-state index in [1.165, 1.54) is 0 Å². The number of nitrogen functional groups attached to an aromatic ring is 1. The van der Waals surface area contributed by atoms with Crippen molar-refractivity contribution in [2.24, 2.45) is 0 Å². The lowest BCUT2D eigenvalue weighted by Crippen LogP contribution is -2.17. The number of benzene rings is 2. The van der Waals surface area contributed by atoms with Crippen molar-refractivity contribution >= 4 is 24.0 Å². The first-order valence-corrected chi connectivity index (χ1v) is 8.92. The minimum absolute atomic E-state index is 0.287. The third-order valence-corrected chi connectivity index (χ3v) is 5.09. The second kappa shape index (κ2) is 6.42. The zero-order valence-corrected chi connectivity index (χ0v) is 15.2. The number of hydrogen-bond donors (Lipinski definition) is 1. The molecule has 4 rings (SSSR count). The molecule has 130 valence electrons. The van der Waals surface area contributed by atoms with E-state index in [4.69, 9.17) is 22.7 Å². The van der Waals surface area contributed by atoms with Crippen molar-refractivity contribution in [2.45, 2.75) is 13.3 Å². The van der Waals surface area contributed by atoms with E-state index in [1.807, 2.05) is 48.5 Å². The molecule has 26 heavy (non-hydrogen) atoms. The Morgan fingerprint density at radius 2 is 1.85 bits per heavy atom. The first kappa shape index (κ1) is 16.5. The maximum absolute atomic E-state index is 12.8. The highest BCUT2D eigenvalue weighted by molar-refractivity contribution is 7.71. The van der Waals surface area contributed by atoms with E-state index in [0.717, 1.165) is 27.9 Å². The fourth-order valence-electron chi connectivity index (χ4n) is 3.56. The Kier molecular flexibility index (Phi) is 4.09. The van der Waals surface area contributed by atoms with Gasteiger partial charge in [-0.15, -0.1) is 0 Å². The summed E-state index contributed by atoms with van der Waals surface area (Å²) in [5.41, 5.74) is 11.6. The summed E-state index contributed by atoms with van der Waals surface area (Å²) in [6.07, 6.45) is 0.684. The smallest absolute Gasteiger partial charge is 0.342 e. The number of rotatable bonds is 3. The molecule has 0 spiro atoms. The Labute approximate surface area is 156 Å². The number of esters is 1. The van der Waals surface area contributed by atoms with E-state index in [9.17, 15) is 4.79 Å². The maximum Gasteiger partial charge on any atom is 0.342 e. The van der Waals surface area contributed by atoms with Gasteiger partial charge in [0.25, 0.3) is 0 Å². The molecule has 0 saturated carbocycles. The first-order chi connectivity index (χ1) is 12.6. The molecule has 0 atom stereocenters. The van der Waals surface area contributed by atoms with Crippen LogP contribution in [0.25, 0.3) is 16.8 Å². The molecule has 0 saturated heterocycles. The van der Waals surface area contributed by atoms with Crippen molar-refractivity contribution in [1.29, 1.82) is 0 Å². The number of nitrogens with two attached hydrogens (primary N) is 1. The summed E-state index contributed by atoms with van der Waals surface area (Å²) in [7, 11) is 0. The summed E-state index contributed by atoms with van der Waals surface area (Å²) in [6.45, 7) is 2.07. The number of pyridine rings is 1. The zero-order chi connectivity index (χ0) is 18.3. The van der Waals surface area contributed by atoms with Crippen LogP contribution in [-0.4, -0.2) is 17.1 Å². The van der Waals surface area contributed by atoms with Crippen LogP contribution >= 0.6 is 12.2 Å². The summed E-state index contributed by atoms with van der Waals surface area (Å²) < 4.78 is 7.72. The third-order valence-electron chi connectivity index (χ3n) is 4.66. The molecular formula is C21H18N2O2S. The molecule has 2 N–H and O–H groups in total. The van der Waals surface area contributed by atoms with Crippen molar-refractivity contribution in [3.8, 4) is 16.8 Å². The van der Waals surface area contributed by atoms with E-state index in [2.05, 4.69) is 6.07 Å². The molecule has 1 heterocycles. The van der Waals surface area contributed by atoms with Gasteiger partial charge < -0.3 is 10.5 Å². The van der Waals surface area contributed by atoms with Crippen molar-refractivity contribution in [1.82, 2.24) is 4.57 Å². The van der Waals surface area contributed by atoms with Crippen LogP contribution in [0.15, 0.2) is 54.6 Å². The monoisotopic (exact) mass is 362 g/mol. The van der Waals surface area contributed by atoms with Gasteiger partial charge in [0.15, 0.2) is 0 Å². The molecule has 3 aromatic rings. The lowest BCUT2D eigenvalue weighted by Gasteiger charge is -2.19. The number of anilines is 1. The number of aromatic nitrogens is 1. The number of para-hydroxylation sites is 1.